The van der Waals surface area contributed by atoms with E-state index >= 15 is 0 Å². The van der Waals surface area contributed by atoms with E-state index in [0.29, 0.717) is 11.4 Å². The first kappa shape index (κ1) is 41.3. The van der Waals surface area contributed by atoms with Crippen molar-refractivity contribution in [2.45, 2.75) is 33.6 Å². The Morgan fingerprint density at radius 2 is 0.851 bits per heavy atom. The van der Waals surface area contributed by atoms with Gasteiger partial charge in [-0.3, -0.25) is 14.6 Å². The van der Waals surface area contributed by atoms with Crippen molar-refractivity contribution in [3.05, 3.63) is 143 Å². The van der Waals surface area contributed by atoms with E-state index in [-0.39, 0.29) is 91.3 Å². The summed E-state index contributed by atoms with van der Waals surface area (Å²) in [5.41, 5.74) is 3.93. The van der Waals surface area contributed by atoms with E-state index in [1.165, 1.54) is 62.4 Å². The van der Waals surface area contributed by atoms with Gasteiger partial charge in [-0.2, -0.15) is 0 Å². The first-order valence-corrected chi connectivity index (χ1v) is 13.8. The molecule has 0 amide bonds. The van der Waals surface area contributed by atoms with Crippen LogP contribution in [-0.4, -0.2) is 32.8 Å². The van der Waals surface area contributed by atoms with Crippen LogP contribution in [0.3, 0.4) is 0 Å². The topological polar surface area (TPSA) is 107 Å². The molecular formula is C36H31F4KN2O4. The summed E-state index contributed by atoms with van der Waals surface area (Å²) in [5.74, 6) is -2.68. The fraction of sp³-hybridized carbons (Fsp3) is 0.139. The van der Waals surface area contributed by atoms with Gasteiger partial charge in [-0.1, -0.05) is 13.8 Å². The molecule has 5 rings (SSSR count). The third-order valence-corrected chi connectivity index (χ3v) is 6.04. The fourth-order valence-electron chi connectivity index (χ4n) is 3.77. The largest absolute Gasteiger partial charge is 1.00 e. The van der Waals surface area contributed by atoms with Gasteiger partial charge in [0.1, 0.15) is 29.1 Å². The molecule has 4 aromatic carbocycles. The Morgan fingerprint density at radius 3 is 1.17 bits per heavy atom. The molecule has 6 nitrogen and oxygen atoms in total. The molecule has 1 aromatic heterocycles. The Kier molecular flexibility index (Phi) is 17.4. The van der Waals surface area contributed by atoms with Crippen LogP contribution in [0.5, 0.6) is 0 Å². The number of Topliss-reactive ketones (excluding diaryl/α,β-unsaturated/α-hetero) is 3. The monoisotopic (exact) mass is 670 g/mol. The Morgan fingerprint density at radius 1 is 0.553 bits per heavy atom. The van der Waals surface area contributed by atoms with Crippen molar-refractivity contribution in [1.82, 2.24) is 9.97 Å². The second-order valence-corrected chi connectivity index (χ2v) is 10.2. The number of halogens is 4. The molecule has 0 fully saturated rings. The van der Waals surface area contributed by atoms with Crippen LogP contribution in [0.1, 0.15) is 60.0 Å². The molecule has 0 radical (unpaired) electrons. The van der Waals surface area contributed by atoms with Gasteiger partial charge in [0.15, 0.2) is 0 Å². The number of benzene rings is 4. The van der Waals surface area contributed by atoms with E-state index < -0.39 is 23.2 Å². The van der Waals surface area contributed by atoms with E-state index in [2.05, 4.69) is 4.98 Å². The number of carbonyl (C=O) groups excluding carboxylic acids is 3. The van der Waals surface area contributed by atoms with Crippen LogP contribution in [0.25, 0.3) is 22.5 Å². The van der Waals surface area contributed by atoms with E-state index in [9.17, 15) is 31.9 Å². The Labute approximate surface area is 313 Å². The van der Waals surface area contributed by atoms with Gasteiger partial charge in [0.2, 0.25) is 11.6 Å². The molecule has 5 aromatic rings. The molecule has 0 aliphatic heterocycles. The standard InChI is InChI=1S/C19H16F2N2.C14H8F2O2.C3H6O.K.H2O/c1-12(2)17-11-22-18(13-3-7-15(20)8-4-13)19(23-17)14-5-9-16(21)10-6-14;15-11-5-1-9(2-6-11)13(17)14(18)10-3-7-12(16)8-4-10;1-3(2)4;;/h3-12H,1-2H3;1-8H;1-2H3;;1H2/q;;;+1;/p-1. The van der Waals surface area contributed by atoms with Crippen LogP contribution >= 0.6 is 0 Å². The average Bonchev–Trinajstić information content (AvgIpc) is 3.02. The smallest absolute Gasteiger partial charge is 0.870 e. The molecule has 0 atom stereocenters. The predicted molar refractivity (Wildman–Crippen MR) is 167 cm³/mol. The number of carbonyl (C=O) groups is 3. The van der Waals surface area contributed by atoms with Crippen LogP contribution < -0.4 is 51.4 Å². The zero-order valence-corrected chi connectivity index (χ0v) is 29.6. The number of nitrogens with zero attached hydrogens (tertiary/aromatic N) is 2. The molecule has 47 heavy (non-hydrogen) atoms. The molecular weight excluding hydrogens is 639 g/mol. The van der Waals surface area contributed by atoms with Gasteiger partial charge in [0.25, 0.3) is 0 Å². The Hall–Kier alpha value is -3.71. The number of rotatable bonds is 6. The van der Waals surface area contributed by atoms with Gasteiger partial charge >= 0.3 is 51.4 Å². The summed E-state index contributed by atoms with van der Waals surface area (Å²) in [7, 11) is 0. The third-order valence-electron chi connectivity index (χ3n) is 6.04. The first-order chi connectivity index (χ1) is 21.3. The first-order valence-electron chi connectivity index (χ1n) is 13.8. The maximum absolute atomic E-state index is 13.2. The van der Waals surface area contributed by atoms with Crippen molar-refractivity contribution < 1.29 is 88.8 Å². The average molecular weight is 671 g/mol. The third kappa shape index (κ3) is 12.8. The molecule has 0 aliphatic carbocycles. The minimum Gasteiger partial charge on any atom is -0.870 e. The number of hydrogen-bond donors (Lipinski definition) is 0. The SMILES string of the molecule is CC(C)=O.CC(C)c1cnc(-c2ccc(F)cc2)c(-c2ccc(F)cc2)n1.O=C(C(=O)c1ccc(F)cc1)c1ccc(F)cc1.[K+].[OH-]. The van der Waals surface area contributed by atoms with Gasteiger partial charge in [-0.15, -0.1) is 0 Å². The van der Waals surface area contributed by atoms with Crippen molar-refractivity contribution >= 4 is 17.3 Å². The van der Waals surface area contributed by atoms with E-state index in [1.807, 2.05) is 13.8 Å². The number of ketones is 3. The van der Waals surface area contributed by atoms with E-state index in [4.69, 9.17) is 4.98 Å². The summed E-state index contributed by atoms with van der Waals surface area (Å²) < 4.78 is 51.7. The predicted octanol–water partition coefficient (Wildman–Crippen LogP) is 5.67. The summed E-state index contributed by atoms with van der Waals surface area (Å²) in [6, 6.07) is 21.6. The molecule has 1 N–H and O–H groups in total. The summed E-state index contributed by atoms with van der Waals surface area (Å²) in [5, 5.41) is 0. The molecule has 0 saturated heterocycles. The minimum absolute atomic E-state index is 0. The number of hydrogen-bond acceptors (Lipinski definition) is 6. The summed E-state index contributed by atoms with van der Waals surface area (Å²) in [6.45, 7) is 7.13. The minimum atomic E-state index is -0.749. The molecule has 238 valence electrons. The van der Waals surface area contributed by atoms with Gasteiger partial charge in [0, 0.05) is 28.5 Å². The van der Waals surface area contributed by atoms with Crippen molar-refractivity contribution in [3.8, 4) is 22.5 Å². The quantitative estimate of drug-likeness (QED) is 0.0999. The van der Waals surface area contributed by atoms with Crippen molar-refractivity contribution in [2.24, 2.45) is 0 Å². The maximum atomic E-state index is 13.2. The van der Waals surface area contributed by atoms with Crippen molar-refractivity contribution in [2.75, 3.05) is 0 Å². The molecule has 0 saturated carbocycles. The van der Waals surface area contributed by atoms with Crippen molar-refractivity contribution in [1.29, 1.82) is 0 Å². The van der Waals surface area contributed by atoms with Crippen molar-refractivity contribution in [3.63, 3.8) is 0 Å². The van der Waals surface area contributed by atoms with E-state index in [0.717, 1.165) is 41.1 Å². The molecule has 11 heteroatoms. The fourth-order valence-corrected chi connectivity index (χ4v) is 3.77. The Bertz CT molecular complexity index is 1700. The molecule has 1 heterocycles. The van der Waals surface area contributed by atoms with Gasteiger partial charge in [-0.25, -0.2) is 22.5 Å². The molecule has 0 bridgehead atoms. The maximum Gasteiger partial charge on any atom is 1.00 e. The molecule has 0 aliphatic rings. The van der Waals surface area contributed by atoms with Gasteiger partial charge < -0.3 is 10.3 Å². The summed E-state index contributed by atoms with van der Waals surface area (Å²) in [6.07, 6.45) is 1.73. The van der Waals surface area contributed by atoms with Gasteiger partial charge in [-0.05, 0) is 117 Å². The zero-order valence-electron chi connectivity index (χ0n) is 26.5. The molecule has 0 unspecified atom stereocenters. The second-order valence-electron chi connectivity index (χ2n) is 10.2. The second kappa shape index (κ2) is 19.8. The van der Waals surface area contributed by atoms with Crippen LogP contribution in [0.4, 0.5) is 17.6 Å². The zero-order chi connectivity index (χ0) is 33.1. The normalized spacial score (nSPS) is 9.81. The Balaban J connectivity index is 0.000000415. The van der Waals surface area contributed by atoms with Crippen LogP contribution in [0.15, 0.2) is 103 Å². The van der Waals surface area contributed by atoms with Crippen LogP contribution in [0.2, 0.25) is 0 Å². The summed E-state index contributed by atoms with van der Waals surface area (Å²) >= 11 is 0. The van der Waals surface area contributed by atoms with Crippen LogP contribution in [0, 0.1) is 23.3 Å². The van der Waals surface area contributed by atoms with Gasteiger partial charge in [0.05, 0.1) is 17.1 Å². The van der Waals surface area contributed by atoms with Crippen LogP contribution in [-0.2, 0) is 4.79 Å². The van der Waals surface area contributed by atoms with E-state index in [1.54, 1.807) is 30.5 Å². The number of aromatic nitrogens is 2. The summed E-state index contributed by atoms with van der Waals surface area (Å²) in [4.78, 5) is 42.2. The molecule has 0 spiro atoms.